The number of aliphatic carboxylic acids is 1. The molecular formula is C13H15N3O3S. The SMILES string of the molecule is Cc1cc(C)n(CC(=O)NC(C(=O)O)c2cccs2)n1. The number of amides is 1. The van der Waals surface area contributed by atoms with E-state index in [2.05, 4.69) is 10.4 Å². The molecule has 7 heteroatoms. The summed E-state index contributed by atoms with van der Waals surface area (Å²) < 4.78 is 1.55. The summed E-state index contributed by atoms with van der Waals surface area (Å²) in [7, 11) is 0. The first-order valence-electron chi connectivity index (χ1n) is 6.04. The fraction of sp³-hybridized carbons (Fsp3) is 0.308. The van der Waals surface area contributed by atoms with Crippen molar-refractivity contribution < 1.29 is 14.7 Å². The minimum absolute atomic E-state index is 0.00876. The van der Waals surface area contributed by atoms with Gasteiger partial charge in [-0.05, 0) is 31.4 Å². The molecule has 2 rings (SSSR count). The van der Waals surface area contributed by atoms with Crippen LogP contribution in [0.3, 0.4) is 0 Å². The molecule has 2 aromatic heterocycles. The van der Waals surface area contributed by atoms with Crippen LogP contribution in [0.1, 0.15) is 22.3 Å². The van der Waals surface area contributed by atoms with E-state index in [1.54, 1.807) is 22.2 Å². The number of carbonyl (C=O) groups is 2. The number of thiophene rings is 1. The maximum absolute atomic E-state index is 12.0. The van der Waals surface area contributed by atoms with E-state index in [1.165, 1.54) is 11.3 Å². The Hall–Kier alpha value is -2.15. The quantitative estimate of drug-likeness (QED) is 0.875. The van der Waals surface area contributed by atoms with Crippen LogP contribution in [0.2, 0.25) is 0 Å². The summed E-state index contributed by atoms with van der Waals surface area (Å²) in [6.07, 6.45) is 0. The van der Waals surface area contributed by atoms with Gasteiger partial charge in [-0.25, -0.2) is 4.79 Å². The van der Waals surface area contributed by atoms with Crippen LogP contribution in [-0.2, 0) is 16.1 Å². The lowest BCUT2D eigenvalue weighted by Crippen LogP contribution is -2.35. The van der Waals surface area contributed by atoms with Crippen LogP contribution in [0.25, 0.3) is 0 Å². The number of carbonyl (C=O) groups excluding carboxylic acids is 1. The Morgan fingerprint density at radius 2 is 2.25 bits per heavy atom. The summed E-state index contributed by atoms with van der Waals surface area (Å²) in [6.45, 7) is 3.70. The molecule has 0 aromatic carbocycles. The number of carboxylic acids is 1. The zero-order chi connectivity index (χ0) is 14.7. The molecule has 2 aromatic rings. The van der Waals surface area contributed by atoms with Crippen molar-refractivity contribution in [2.45, 2.75) is 26.4 Å². The molecule has 0 radical (unpaired) electrons. The summed E-state index contributed by atoms with van der Waals surface area (Å²) in [4.78, 5) is 23.8. The first-order chi connectivity index (χ1) is 9.47. The van der Waals surface area contributed by atoms with Gasteiger partial charge in [0.1, 0.15) is 6.54 Å². The predicted octanol–water partition coefficient (Wildman–Crippen LogP) is 1.50. The Morgan fingerprint density at radius 1 is 1.50 bits per heavy atom. The Morgan fingerprint density at radius 3 is 2.75 bits per heavy atom. The number of nitrogens with one attached hydrogen (secondary N) is 1. The fourth-order valence-electron chi connectivity index (χ4n) is 1.89. The van der Waals surface area contributed by atoms with Crippen LogP contribution in [0, 0.1) is 13.8 Å². The second-order valence-electron chi connectivity index (χ2n) is 4.44. The van der Waals surface area contributed by atoms with Crippen molar-refractivity contribution in [2.75, 3.05) is 0 Å². The van der Waals surface area contributed by atoms with Crippen LogP contribution >= 0.6 is 11.3 Å². The van der Waals surface area contributed by atoms with Gasteiger partial charge in [-0.3, -0.25) is 9.48 Å². The topological polar surface area (TPSA) is 84.2 Å². The van der Waals surface area contributed by atoms with Crippen LogP contribution < -0.4 is 5.32 Å². The first kappa shape index (κ1) is 14.3. The van der Waals surface area contributed by atoms with Gasteiger partial charge in [-0.1, -0.05) is 6.07 Å². The molecule has 0 aliphatic heterocycles. The van der Waals surface area contributed by atoms with Gasteiger partial charge in [0.2, 0.25) is 5.91 Å². The minimum Gasteiger partial charge on any atom is -0.479 e. The average molecular weight is 293 g/mol. The van der Waals surface area contributed by atoms with Gasteiger partial charge in [0.15, 0.2) is 6.04 Å². The smallest absolute Gasteiger partial charge is 0.331 e. The van der Waals surface area contributed by atoms with Crippen molar-refractivity contribution in [3.63, 3.8) is 0 Å². The van der Waals surface area contributed by atoms with Gasteiger partial charge in [-0.15, -0.1) is 11.3 Å². The van der Waals surface area contributed by atoms with Crippen molar-refractivity contribution in [3.05, 3.63) is 39.8 Å². The van der Waals surface area contributed by atoms with Gasteiger partial charge in [0, 0.05) is 10.6 Å². The van der Waals surface area contributed by atoms with Crippen molar-refractivity contribution in [3.8, 4) is 0 Å². The molecule has 2 N–H and O–H groups in total. The normalized spacial score (nSPS) is 12.1. The molecule has 0 aliphatic carbocycles. The monoisotopic (exact) mass is 293 g/mol. The molecule has 0 spiro atoms. The number of carboxylic acid groups (broad SMARTS) is 1. The number of hydrogen-bond donors (Lipinski definition) is 2. The third kappa shape index (κ3) is 3.24. The summed E-state index contributed by atoms with van der Waals surface area (Å²) in [6, 6.07) is 4.29. The highest BCUT2D eigenvalue weighted by molar-refractivity contribution is 7.10. The van der Waals surface area contributed by atoms with Crippen molar-refractivity contribution >= 4 is 23.2 Å². The highest BCUT2D eigenvalue weighted by atomic mass is 32.1. The van der Waals surface area contributed by atoms with E-state index in [0.29, 0.717) is 4.88 Å². The largest absolute Gasteiger partial charge is 0.479 e. The van der Waals surface area contributed by atoms with Gasteiger partial charge in [0.05, 0.1) is 5.69 Å². The standard InChI is InChI=1S/C13H15N3O3S/c1-8-6-9(2)16(15-8)7-11(17)14-12(13(18)19)10-4-3-5-20-10/h3-6,12H,7H2,1-2H3,(H,14,17)(H,18,19). The van der Waals surface area contributed by atoms with Crippen LogP contribution in [0.5, 0.6) is 0 Å². The number of hydrogen-bond acceptors (Lipinski definition) is 4. The molecule has 0 bridgehead atoms. The highest BCUT2D eigenvalue weighted by Gasteiger charge is 2.23. The predicted molar refractivity (Wildman–Crippen MR) is 74.5 cm³/mol. The van der Waals surface area contributed by atoms with E-state index in [4.69, 9.17) is 0 Å². The summed E-state index contributed by atoms with van der Waals surface area (Å²) in [5, 5.41) is 17.7. The molecule has 2 heterocycles. The Bertz CT molecular complexity index is 619. The summed E-state index contributed by atoms with van der Waals surface area (Å²) in [5.74, 6) is -1.45. The summed E-state index contributed by atoms with van der Waals surface area (Å²) >= 11 is 1.30. The second-order valence-corrected chi connectivity index (χ2v) is 5.42. The molecule has 0 saturated heterocycles. The number of aromatic nitrogens is 2. The van der Waals surface area contributed by atoms with Gasteiger partial charge in [-0.2, -0.15) is 5.10 Å². The van der Waals surface area contributed by atoms with Crippen LogP contribution in [0.15, 0.2) is 23.6 Å². The number of nitrogens with zero attached hydrogens (tertiary/aromatic N) is 2. The average Bonchev–Trinajstić information content (AvgIpc) is 2.97. The lowest BCUT2D eigenvalue weighted by molar-refractivity contribution is -0.142. The van der Waals surface area contributed by atoms with Crippen molar-refractivity contribution in [2.24, 2.45) is 0 Å². The molecule has 0 aliphatic rings. The van der Waals surface area contributed by atoms with Crippen LogP contribution in [-0.4, -0.2) is 26.8 Å². The van der Waals surface area contributed by atoms with Crippen LogP contribution in [0.4, 0.5) is 0 Å². The lowest BCUT2D eigenvalue weighted by Gasteiger charge is -2.13. The highest BCUT2D eigenvalue weighted by Crippen LogP contribution is 2.19. The minimum atomic E-state index is -1.07. The Kier molecular flexibility index (Phi) is 4.19. The summed E-state index contributed by atoms with van der Waals surface area (Å²) in [5.41, 5.74) is 1.68. The molecule has 1 amide bonds. The Labute approximate surface area is 120 Å². The zero-order valence-electron chi connectivity index (χ0n) is 11.2. The maximum atomic E-state index is 12.0. The maximum Gasteiger partial charge on any atom is 0.331 e. The van der Waals surface area contributed by atoms with E-state index in [1.807, 2.05) is 19.9 Å². The van der Waals surface area contributed by atoms with Crippen molar-refractivity contribution in [1.82, 2.24) is 15.1 Å². The molecule has 1 atom stereocenters. The third-order valence-corrected chi connectivity index (χ3v) is 3.71. The molecule has 0 saturated carbocycles. The Balaban J connectivity index is 2.06. The molecule has 106 valence electrons. The third-order valence-electron chi connectivity index (χ3n) is 2.78. The van der Waals surface area contributed by atoms with Gasteiger partial charge in [0.25, 0.3) is 0 Å². The van der Waals surface area contributed by atoms with E-state index in [0.717, 1.165) is 11.4 Å². The molecule has 20 heavy (non-hydrogen) atoms. The van der Waals surface area contributed by atoms with E-state index in [9.17, 15) is 14.7 Å². The number of aryl methyl sites for hydroxylation is 2. The second kappa shape index (κ2) is 5.87. The molecular weight excluding hydrogens is 278 g/mol. The van der Waals surface area contributed by atoms with E-state index in [-0.39, 0.29) is 12.5 Å². The van der Waals surface area contributed by atoms with Gasteiger partial charge < -0.3 is 10.4 Å². The van der Waals surface area contributed by atoms with Crippen molar-refractivity contribution in [1.29, 1.82) is 0 Å². The molecule has 0 fully saturated rings. The zero-order valence-corrected chi connectivity index (χ0v) is 12.0. The molecule has 6 nitrogen and oxygen atoms in total. The molecule has 1 unspecified atom stereocenters. The fourth-order valence-corrected chi connectivity index (χ4v) is 2.65. The van der Waals surface area contributed by atoms with E-state index < -0.39 is 12.0 Å². The van der Waals surface area contributed by atoms with E-state index >= 15 is 0 Å². The number of rotatable bonds is 5. The lowest BCUT2D eigenvalue weighted by atomic mass is 10.2. The van der Waals surface area contributed by atoms with Gasteiger partial charge >= 0.3 is 5.97 Å². The first-order valence-corrected chi connectivity index (χ1v) is 6.92.